The fourth-order valence-corrected chi connectivity index (χ4v) is 2.34. The lowest BCUT2D eigenvalue weighted by molar-refractivity contribution is 0.408. The molecular weight excluding hydrogens is 283 g/mol. The molecule has 0 saturated carbocycles. The van der Waals surface area contributed by atoms with Crippen LogP contribution in [-0.4, -0.2) is 19.7 Å². The molecule has 0 bridgehead atoms. The van der Waals surface area contributed by atoms with Crippen LogP contribution in [0.1, 0.15) is 23.9 Å². The molecular formula is C13H12ClFN4O. The van der Waals surface area contributed by atoms with Crippen LogP contribution in [0, 0.1) is 5.82 Å². The Labute approximate surface area is 119 Å². The van der Waals surface area contributed by atoms with Gasteiger partial charge in [-0.2, -0.15) is 4.98 Å². The highest BCUT2D eigenvalue weighted by molar-refractivity contribution is 6.20. The summed E-state index contributed by atoms with van der Waals surface area (Å²) in [4.78, 5) is 8.38. The van der Waals surface area contributed by atoms with Crippen LogP contribution in [0.15, 0.2) is 29.1 Å². The number of rotatable bonds is 4. The average Bonchev–Trinajstić information content (AvgIpc) is 3.02. The molecule has 5 nitrogen and oxygen atoms in total. The number of hydrogen-bond donors (Lipinski definition) is 0. The molecule has 0 N–H and O–H groups in total. The van der Waals surface area contributed by atoms with Gasteiger partial charge in [-0.15, -0.1) is 11.6 Å². The highest BCUT2D eigenvalue weighted by Crippen LogP contribution is 2.25. The van der Waals surface area contributed by atoms with Crippen LogP contribution in [0.5, 0.6) is 0 Å². The van der Waals surface area contributed by atoms with Gasteiger partial charge in [-0.25, -0.2) is 9.37 Å². The number of aromatic nitrogens is 4. The van der Waals surface area contributed by atoms with E-state index in [4.69, 9.17) is 16.1 Å². The molecule has 20 heavy (non-hydrogen) atoms. The molecule has 0 aliphatic carbocycles. The van der Waals surface area contributed by atoms with Gasteiger partial charge in [0, 0.05) is 19.0 Å². The topological polar surface area (TPSA) is 56.7 Å². The standard InChI is InChI=1S/C13H12ClFN4O/c1-8(14)13-17-10-6-9(15)2-3-11(10)19(13)5-4-12-16-7-20-18-12/h2-3,6-8H,4-5H2,1H3. The first-order chi connectivity index (χ1) is 9.65. The summed E-state index contributed by atoms with van der Waals surface area (Å²) in [5.74, 6) is 1.01. The van der Waals surface area contributed by atoms with E-state index in [1.54, 1.807) is 6.07 Å². The highest BCUT2D eigenvalue weighted by Gasteiger charge is 2.15. The maximum Gasteiger partial charge on any atom is 0.213 e. The summed E-state index contributed by atoms with van der Waals surface area (Å²) < 4.78 is 19.9. The summed E-state index contributed by atoms with van der Waals surface area (Å²) >= 11 is 6.15. The Morgan fingerprint density at radius 1 is 1.45 bits per heavy atom. The molecule has 1 aromatic carbocycles. The first kappa shape index (κ1) is 13.1. The molecule has 0 saturated heterocycles. The van der Waals surface area contributed by atoms with Crippen LogP contribution in [0.2, 0.25) is 0 Å². The van der Waals surface area contributed by atoms with E-state index in [1.165, 1.54) is 18.5 Å². The molecule has 1 unspecified atom stereocenters. The van der Waals surface area contributed by atoms with Gasteiger partial charge < -0.3 is 9.09 Å². The number of benzene rings is 1. The number of fused-ring (bicyclic) bond motifs is 1. The van der Waals surface area contributed by atoms with E-state index in [2.05, 4.69) is 15.1 Å². The van der Waals surface area contributed by atoms with E-state index in [-0.39, 0.29) is 11.2 Å². The van der Waals surface area contributed by atoms with Crippen molar-refractivity contribution in [1.82, 2.24) is 19.7 Å². The van der Waals surface area contributed by atoms with Crippen LogP contribution >= 0.6 is 11.6 Å². The molecule has 3 aromatic rings. The first-order valence-corrected chi connectivity index (χ1v) is 6.64. The number of aryl methyl sites for hydroxylation is 2. The Morgan fingerprint density at radius 2 is 2.30 bits per heavy atom. The second kappa shape index (κ2) is 5.20. The fraction of sp³-hybridized carbons (Fsp3) is 0.308. The largest absolute Gasteiger partial charge is 0.343 e. The van der Waals surface area contributed by atoms with Gasteiger partial charge in [0.2, 0.25) is 6.39 Å². The summed E-state index contributed by atoms with van der Waals surface area (Å²) in [5, 5.41) is 3.50. The third kappa shape index (κ3) is 2.38. The SMILES string of the molecule is CC(Cl)c1nc2cc(F)ccc2n1CCc1ncon1. The lowest BCUT2D eigenvalue weighted by Gasteiger charge is -2.09. The minimum absolute atomic E-state index is 0.268. The van der Waals surface area contributed by atoms with Gasteiger partial charge in [-0.3, -0.25) is 0 Å². The molecule has 1 atom stereocenters. The van der Waals surface area contributed by atoms with E-state index in [9.17, 15) is 4.39 Å². The minimum atomic E-state index is -0.311. The van der Waals surface area contributed by atoms with Gasteiger partial charge in [-0.05, 0) is 19.1 Å². The van der Waals surface area contributed by atoms with E-state index < -0.39 is 0 Å². The summed E-state index contributed by atoms with van der Waals surface area (Å²) in [5.41, 5.74) is 1.44. The maximum absolute atomic E-state index is 13.3. The Hall–Kier alpha value is -1.95. The van der Waals surface area contributed by atoms with Crippen LogP contribution in [0.4, 0.5) is 4.39 Å². The van der Waals surface area contributed by atoms with Crippen molar-refractivity contribution in [3.05, 3.63) is 42.1 Å². The second-order valence-electron chi connectivity index (χ2n) is 4.47. The predicted molar refractivity (Wildman–Crippen MR) is 72.0 cm³/mol. The van der Waals surface area contributed by atoms with E-state index in [0.29, 0.717) is 30.1 Å². The monoisotopic (exact) mass is 294 g/mol. The minimum Gasteiger partial charge on any atom is -0.343 e. The van der Waals surface area contributed by atoms with Gasteiger partial charge in [0.1, 0.15) is 11.6 Å². The normalized spacial score (nSPS) is 12.9. The number of alkyl halides is 1. The van der Waals surface area contributed by atoms with Crippen molar-refractivity contribution in [2.75, 3.05) is 0 Å². The molecule has 0 fully saturated rings. The molecule has 0 spiro atoms. The quantitative estimate of drug-likeness (QED) is 0.694. The molecule has 2 heterocycles. The van der Waals surface area contributed by atoms with Gasteiger partial charge in [0.15, 0.2) is 5.82 Å². The van der Waals surface area contributed by atoms with Crippen molar-refractivity contribution >= 4 is 22.6 Å². The van der Waals surface area contributed by atoms with Crippen LogP contribution < -0.4 is 0 Å². The van der Waals surface area contributed by atoms with Crippen molar-refractivity contribution < 1.29 is 8.91 Å². The zero-order valence-corrected chi connectivity index (χ0v) is 11.5. The number of nitrogens with zero attached hydrogens (tertiary/aromatic N) is 4. The van der Waals surface area contributed by atoms with E-state index in [1.807, 2.05) is 11.5 Å². The first-order valence-electron chi connectivity index (χ1n) is 6.20. The Kier molecular flexibility index (Phi) is 3.40. The van der Waals surface area contributed by atoms with Gasteiger partial charge in [0.05, 0.1) is 16.4 Å². The van der Waals surface area contributed by atoms with Gasteiger partial charge >= 0.3 is 0 Å². The van der Waals surface area contributed by atoms with Crippen molar-refractivity contribution in [2.45, 2.75) is 25.3 Å². The number of hydrogen-bond acceptors (Lipinski definition) is 4. The summed E-state index contributed by atoms with van der Waals surface area (Å²) in [6, 6.07) is 4.52. The molecule has 3 rings (SSSR count). The third-order valence-corrected chi connectivity index (χ3v) is 3.26. The van der Waals surface area contributed by atoms with Crippen molar-refractivity contribution in [3.8, 4) is 0 Å². The summed E-state index contributed by atoms with van der Waals surface area (Å²) in [7, 11) is 0. The fourth-order valence-electron chi connectivity index (χ4n) is 2.17. The molecule has 0 radical (unpaired) electrons. The van der Waals surface area contributed by atoms with Crippen LogP contribution in [0.25, 0.3) is 11.0 Å². The van der Waals surface area contributed by atoms with Crippen LogP contribution in [-0.2, 0) is 13.0 Å². The molecule has 0 aliphatic rings. The number of halogens is 2. The molecule has 2 aromatic heterocycles. The summed E-state index contributed by atoms with van der Waals surface area (Å²) in [6.07, 6.45) is 1.89. The van der Waals surface area contributed by atoms with Crippen molar-refractivity contribution in [2.24, 2.45) is 0 Å². The predicted octanol–water partition coefficient (Wildman–Crippen LogP) is 3.10. The van der Waals surface area contributed by atoms with Gasteiger partial charge in [-0.1, -0.05) is 5.16 Å². The average molecular weight is 295 g/mol. The van der Waals surface area contributed by atoms with E-state index >= 15 is 0 Å². The maximum atomic E-state index is 13.3. The molecule has 0 aliphatic heterocycles. The molecule has 104 valence electrons. The lowest BCUT2D eigenvalue weighted by Crippen LogP contribution is -2.07. The Balaban J connectivity index is 2.00. The lowest BCUT2D eigenvalue weighted by atomic mass is 10.3. The third-order valence-electron chi connectivity index (χ3n) is 3.06. The van der Waals surface area contributed by atoms with Gasteiger partial charge in [0.25, 0.3) is 0 Å². The Morgan fingerprint density at radius 3 is 3.00 bits per heavy atom. The molecule has 0 amide bonds. The Bertz CT molecular complexity index is 723. The summed E-state index contributed by atoms with van der Waals surface area (Å²) in [6.45, 7) is 2.44. The van der Waals surface area contributed by atoms with Crippen LogP contribution in [0.3, 0.4) is 0 Å². The van der Waals surface area contributed by atoms with Crippen molar-refractivity contribution in [3.63, 3.8) is 0 Å². The second-order valence-corrected chi connectivity index (χ2v) is 5.12. The molecule has 7 heteroatoms. The smallest absolute Gasteiger partial charge is 0.213 e. The number of imidazole rings is 1. The highest BCUT2D eigenvalue weighted by atomic mass is 35.5. The zero-order chi connectivity index (χ0) is 14.1. The zero-order valence-electron chi connectivity index (χ0n) is 10.8. The van der Waals surface area contributed by atoms with Crippen molar-refractivity contribution in [1.29, 1.82) is 0 Å². The van der Waals surface area contributed by atoms with E-state index in [0.717, 1.165) is 5.52 Å².